The maximum absolute atomic E-state index is 12.3. The van der Waals surface area contributed by atoms with Gasteiger partial charge in [-0.3, -0.25) is 4.79 Å². The van der Waals surface area contributed by atoms with Crippen LogP contribution in [0.15, 0.2) is 70.1 Å². The van der Waals surface area contributed by atoms with Crippen molar-refractivity contribution >= 4 is 29.6 Å². The monoisotopic (exact) mass is 367 g/mol. The number of amides is 1. The van der Waals surface area contributed by atoms with Gasteiger partial charge in [0.05, 0.1) is 6.21 Å². The molecule has 1 aromatic heterocycles. The maximum atomic E-state index is 12.3. The number of carbonyl (C=O) groups is 1. The van der Waals surface area contributed by atoms with Crippen LogP contribution in [-0.4, -0.2) is 34.0 Å². The van der Waals surface area contributed by atoms with E-state index in [0.29, 0.717) is 5.56 Å². The molecule has 0 fully saturated rings. The molecule has 3 aromatic rings. The van der Waals surface area contributed by atoms with Gasteiger partial charge >= 0.3 is 0 Å². The van der Waals surface area contributed by atoms with Crippen molar-refractivity contribution in [3.05, 3.63) is 66.0 Å². The molecule has 2 aromatic carbocycles. The van der Waals surface area contributed by atoms with Gasteiger partial charge in [0, 0.05) is 23.2 Å². The number of anilines is 1. The summed E-state index contributed by atoms with van der Waals surface area (Å²) in [6, 6.07) is 14.7. The lowest BCUT2D eigenvalue weighted by molar-refractivity contribution is 0.102. The first-order chi connectivity index (χ1) is 12.7. The summed E-state index contributed by atoms with van der Waals surface area (Å²) < 4.78 is 1.85. The van der Waals surface area contributed by atoms with Gasteiger partial charge in [0.25, 0.3) is 5.91 Å². The summed E-state index contributed by atoms with van der Waals surface area (Å²) in [7, 11) is 3.37. The smallest absolute Gasteiger partial charge is 0.255 e. The minimum absolute atomic E-state index is 0.172. The van der Waals surface area contributed by atoms with Crippen molar-refractivity contribution in [3.63, 3.8) is 0 Å². The van der Waals surface area contributed by atoms with Gasteiger partial charge in [-0.1, -0.05) is 17.3 Å². The number of hydrogen-bond acceptors (Lipinski definition) is 6. The average Bonchev–Trinajstić information content (AvgIpc) is 3.06. The normalized spacial score (nSPS) is 10.8. The molecule has 1 heterocycles. The summed E-state index contributed by atoms with van der Waals surface area (Å²) in [4.78, 5) is 18.0. The van der Waals surface area contributed by atoms with Crippen molar-refractivity contribution in [3.8, 4) is 0 Å². The third kappa shape index (κ3) is 4.48. The van der Waals surface area contributed by atoms with Crippen molar-refractivity contribution in [2.45, 2.75) is 10.1 Å². The first kappa shape index (κ1) is 17.7. The van der Waals surface area contributed by atoms with Gasteiger partial charge in [0.15, 0.2) is 5.16 Å². The molecular weight excluding hydrogens is 350 g/mol. The third-order valence-corrected chi connectivity index (χ3v) is 4.53. The van der Waals surface area contributed by atoms with Gasteiger partial charge in [-0.2, -0.15) is 0 Å². The number of nitrogens with zero attached hydrogens (tertiary/aromatic N) is 4. The fourth-order valence-corrected chi connectivity index (χ4v) is 2.88. The van der Waals surface area contributed by atoms with Crippen LogP contribution in [0, 0.1) is 0 Å². The molecule has 132 valence electrons. The number of aryl methyl sites for hydroxylation is 1. The molecule has 0 spiro atoms. The highest BCUT2D eigenvalue weighted by Crippen LogP contribution is 2.26. The standard InChI is InChI=1S/C18H17N5O2S/c1-23-12-19-22-18(23)26-16-9-7-15(8-10-16)21-17(24)14-5-3-13(4-6-14)11-20-25-2/h3-12H,1-2H3,(H,21,24)/b20-11+. The van der Waals surface area contributed by atoms with Crippen molar-refractivity contribution in [2.75, 3.05) is 12.4 Å². The molecule has 0 saturated heterocycles. The van der Waals surface area contributed by atoms with E-state index >= 15 is 0 Å². The van der Waals surface area contributed by atoms with Crippen LogP contribution in [0.1, 0.15) is 15.9 Å². The molecule has 3 rings (SSSR count). The van der Waals surface area contributed by atoms with Crippen LogP contribution in [0.3, 0.4) is 0 Å². The van der Waals surface area contributed by atoms with E-state index in [-0.39, 0.29) is 5.91 Å². The van der Waals surface area contributed by atoms with E-state index in [4.69, 9.17) is 0 Å². The first-order valence-corrected chi connectivity index (χ1v) is 8.57. The highest BCUT2D eigenvalue weighted by Gasteiger charge is 2.07. The molecule has 1 amide bonds. The summed E-state index contributed by atoms with van der Waals surface area (Å²) in [6.07, 6.45) is 3.23. The van der Waals surface area contributed by atoms with E-state index < -0.39 is 0 Å². The summed E-state index contributed by atoms with van der Waals surface area (Å²) in [5, 5.41) is 15.3. The fourth-order valence-electron chi connectivity index (χ4n) is 2.11. The molecule has 0 aliphatic heterocycles. The molecule has 0 atom stereocenters. The van der Waals surface area contributed by atoms with E-state index in [2.05, 4.69) is 25.5 Å². The molecule has 8 heteroatoms. The second kappa shape index (κ2) is 8.30. The summed E-state index contributed by atoms with van der Waals surface area (Å²) in [5.41, 5.74) is 2.15. The number of oxime groups is 1. The topological polar surface area (TPSA) is 81.4 Å². The zero-order valence-corrected chi connectivity index (χ0v) is 15.1. The van der Waals surface area contributed by atoms with Crippen LogP contribution < -0.4 is 5.32 Å². The second-order valence-corrected chi connectivity index (χ2v) is 6.38. The first-order valence-electron chi connectivity index (χ1n) is 7.75. The van der Waals surface area contributed by atoms with Gasteiger partial charge in [-0.05, 0) is 53.7 Å². The summed E-state index contributed by atoms with van der Waals surface area (Å²) in [5.74, 6) is -0.172. The Hall–Kier alpha value is -3.13. The Balaban J connectivity index is 1.62. The summed E-state index contributed by atoms with van der Waals surface area (Å²) >= 11 is 1.51. The number of carbonyl (C=O) groups excluding carboxylic acids is 1. The zero-order chi connectivity index (χ0) is 18.4. The molecule has 0 bridgehead atoms. The Bertz CT molecular complexity index is 904. The Kier molecular flexibility index (Phi) is 5.65. The SMILES string of the molecule is CO/N=C/c1ccc(C(=O)Nc2ccc(Sc3nncn3C)cc2)cc1. The zero-order valence-electron chi connectivity index (χ0n) is 14.3. The molecule has 7 nitrogen and oxygen atoms in total. The van der Waals surface area contributed by atoms with Gasteiger partial charge in [-0.15, -0.1) is 10.2 Å². The Morgan fingerprint density at radius 1 is 1.19 bits per heavy atom. The van der Waals surface area contributed by atoms with Gasteiger partial charge < -0.3 is 14.7 Å². The largest absolute Gasteiger partial charge is 0.399 e. The lowest BCUT2D eigenvalue weighted by atomic mass is 10.1. The maximum Gasteiger partial charge on any atom is 0.255 e. The van der Waals surface area contributed by atoms with Crippen LogP contribution in [0.25, 0.3) is 0 Å². The van der Waals surface area contributed by atoms with Gasteiger partial charge in [-0.25, -0.2) is 0 Å². The van der Waals surface area contributed by atoms with Crippen molar-refractivity contribution in [2.24, 2.45) is 12.2 Å². The molecule has 26 heavy (non-hydrogen) atoms. The molecular formula is C18H17N5O2S. The molecule has 0 aliphatic rings. The fraction of sp³-hybridized carbons (Fsp3) is 0.111. The molecule has 0 aliphatic carbocycles. The summed E-state index contributed by atoms with van der Waals surface area (Å²) in [6.45, 7) is 0. The van der Waals surface area contributed by atoms with E-state index in [1.54, 1.807) is 36.8 Å². The highest BCUT2D eigenvalue weighted by molar-refractivity contribution is 7.99. The van der Waals surface area contributed by atoms with E-state index in [9.17, 15) is 4.79 Å². The predicted molar refractivity (Wildman–Crippen MR) is 101 cm³/mol. The average molecular weight is 367 g/mol. The van der Waals surface area contributed by atoms with Crippen molar-refractivity contribution in [1.82, 2.24) is 14.8 Å². The Labute approximate surface area is 155 Å². The van der Waals surface area contributed by atoms with Crippen molar-refractivity contribution in [1.29, 1.82) is 0 Å². The van der Waals surface area contributed by atoms with E-state index in [1.165, 1.54) is 18.9 Å². The van der Waals surface area contributed by atoms with Crippen LogP contribution in [0.4, 0.5) is 5.69 Å². The second-order valence-electron chi connectivity index (χ2n) is 5.34. The lowest BCUT2D eigenvalue weighted by Gasteiger charge is -2.07. The quantitative estimate of drug-likeness (QED) is 0.534. The lowest BCUT2D eigenvalue weighted by Crippen LogP contribution is -2.11. The molecule has 0 radical (unpaired) electrons. The number of hydrogen-bond donors (Lipinski definition) is 1. The van der Waals surface area contributed by atoms with Crippen LogP contribution >= 0.6 is 11.8 Å². The van der Waals surface area contributed by atoms with Crippen LogP contribution in [-0.2, 0) is 11.9 Å². The Morgan fingerprint density at radius 2 is 1.92 bits per heavy atom. The van der Waals surface area contributed by atoms with E-state index in [1.807, 2.05) is 35.9 Å². The number of rotatable bonds is 6. The van der Waals surface area contributed by atoms with Crippen LogP contribution in [0.2, 0.25) is 0 Å². The van der Waals surface area contributed by atoms with Gasteiger partial charge in [0.2, 0.25) is 0 Å². The van der Waals surface area contributed by atoms with Crippen LogP contribution in [0.5, 0.6) is 0 Å². The predicted octanol–water partition coefficient (Wildman–Crippen LogP) is 3.20. The highest BCUT2D eigenvalue weighted by atomic mass is 32.2. The molecule has 0 unspecified atom stereocenters. The Morgan fingerprint density at radius 3 is 2.54 bits per heavy atom. The number of benzene rings is 2. The third-order valence-electron chi connectivity index (χ3n) is 3.47. The van der Waals surface area contributed by atoms with Gasteiger partial charge in [0.1, 0.15) is 13.4 Å². The number of nitrogens with one attached hydrogen (secondary N) is 1. The molecule has 1 N–H and O–H groups in total. The molecule has 0 saturated carbocycles. The van der Waals surface area contributed by atoms with Crippen molar-refractivity contribution < 1.29 is 9.63 Å². The minimum Gasteiger partial charge on any atom is -0.399 e. The minimum atomic E-state index is -0.172. The number of aromatic nitrogens is 3. The van der Waals surface area contributed by atoms with E-state index in [0.717, 1.165) is 21.3 Å².